The van der Waals surface area contributed by atoms with E-state index in [1.54, 1.807) is 63.7 Å². The minimum absolute atomic E-state index is 0.0172. The second-order valence-electron chi connectivity index (χ2n) is 10.5. The van der Waals surface area contributed by atoms with Gasteiger partial charge in [0, 0.05) is 18.2 Å². The third-order valence-corrected chi connectivity index (χ3v) is 6.93. The molecule has 3 amide bonds. The number of benzene rings is 1. The van der Waals surface area contributed by atoms with Crippen LogP contribution in [-0.2, 0) is 14.3 Å². The maximum absolute atomic E-state index is 14.0. The number of carbonyl (C=O) groups is 3. The summed E-state index contributed by atoms with van der Waals surface area (Å²) in [7, 11) is 0. The predicted octanol–water partition coefficient (Wildman–Crippen LogP) is 4.85. The van der Waals surface area contributed by atoms with Gasteiger partial charge in [0.05, 0.1) is 0 Å². The first-order valence-corrected chi connectivity index (χ1v) is 14.4. The van der Waals surface area contributed by atoms with Gasteiger partial charge in [0.25, 0.3) is 0 Å². The van der Waals surface area contributed by atoms with E-state index >= 15 is 0 Å². The molecule has 0 radical (unpaired) electrons. The van der Waals surface area contributed by atoms with Gasteiger partial charge in [0.15, 0.2) is 0 Å². The summed E-state index contributed by atoms with van der Waals surface area (Å²) in [6, 6.07) is 3.17. The number of nitrogens with zero attached hydrogens (tertiary/aromatic N) is 1. The summed E-state index contributed by atoms with van der Waals surface area (Å²) in [4.78, 5) is 41.8. The fraction of sp³-hybridized carbons (Fsp3) is 0.607. The molecule has 37 heavy (non-hydrogen) atoms. The van der Waals surface area contributed by atoms with E-state index in [0.29, 0.717) is 23.3 Å². The molecule has 0 aromatic heterocycles. The van der Waals surface area contributed by atoms with Crippen molar-refractivity contribution in [1.82, 2.24) is 15.5 Å². The van der Waals surface area contributed by atoms with Gasteiger partial charge >= 0.3 is 6.09 Å². The molecule has 0 heterocycles. The number of rotatable bonds is 11. The van der Waals surface area contributed by atoms with Crippen LogP contribution in [0, 0.1) is 6.92 Å². The Morgan fingerprint density at radius 3 is 2.51 bits per heavy atom. The molecule has 1 aliphatic rings. The van der Waals surface area contributed by atoms with Gasteiger partial charge < -0.3 is 25.4 Å². The van der Waals surface area contributed by atoms with Gasteiger partial charge in [-0.05, 0) is 64.5 Å². The summed E-state index contributed by atoms with van der Waals surface area (Å²) in [5.41, 5.74) is 0.211. The number of carbonyl (C=O) groups excluding carboxylic acids is 3. The van der Waals surface area contributed by atoms with Crippen LogP contribution in [0.2, 0.25) is 0 Å². The molecule has 0 bridgehead atoms. The van der Waals surface area contributed by atoms with E-state index in [9.17, 15) is 19.5 Å². The van der Waals surface area contributed by atoms with Crippen molar-refractivity contribution in [2.45, 2.75) is 89.9 Å². The van der Waals surface area contributed by atoms with Crippen LogP contribution in [0.15, 0.2) is 30.9 Å². The van der Waals surface area contributed by atoms with Crippen molar-refractivity contribution in [2.24, 2.45) is 0 Å². The van der Waals surface area contributed by atoms with Crippen molar-refractivity contribution in [3.63, 3.8) is 0 Å². The Labute approximate surface area is 225 Å². The van der Waals surface area contributed by atoms with E-state index in [0.717, 1.165) is 32.1 Å². The van der Waals surface area contributed by atoms with Gasteiger partial charge in [-0.25, -0.2) is 4.79 Å². The van der Waals surface area contributed by atoms with Crippen LogP contribution in [-0.4, -0.2) is 64.2 Å². The lowest BCUT2D eigenvalue weighted by atomic mass is 9.94. The zero-order valence-electron chi connectivity index (χ0n) is 22.8. The highest BCUT2D eigenvalue weighted by Crippen LogP contribution is 2.33. The van der Waals surface area contributed by atoms with Crippen LogP contribution in [0.4, 0.5) is 4.79 Å². The number of hydrogen-bond acceptors (Lipinski definition) is 6. The second kappa shape index (κ2) is 14.3. The molecule has 3 N–H and O–H groups in total. The van der Waals surface area contributed by atoms with Gasteiger partial charge in [-0.1, -0.05) is 43.5 Å². The molecule has 2 unspecified atom stereocenters. The Bertz CT molecular complexity index is 940. The first-order valence-electron chi connectivity index (χ1n) is 13.0. The molecule has 9 heteroatoms. The van der Waals surface area contributed by atoms with E-state index in [1.807, 2.05) is 6.26 Å². The fourth-order valence-corrected chi connectivity index (χ4v) is 4.96. The molecule has 1 aromatic rings. The van der Waals surface area contributed by atoms with Crippen molar-refractivity contribution >= 4 is 29.7 Å². The topological polar surface area (TPSA) is 108 Å². The SMILES string of the molecule is C=CCN(C(=O)C(CCSC)NC(=O)OC(C)(C)C)C(C(=O)NC1CCCCC1)c1cccc(C)c1O. The van der Waals surface area contributed by atoms with Gasteiger partial charge in [0.1, 0.15) is 23.4 Å². The van der Waals surface area contributed by atoms with E-state index in [1.165, 1.54) is 4.90 Å². The number of thioether (sulfide) groups is 1. The van der Waals surface area contributed by atoms with Crippen molar-refractivity contribution < 1.29 is 24.2 Å². The maximum Gasteiger partial charge on any atom is 0.408 e. The molecule has 2 rings (SSSR count). The maximum atomic E-state index is 14.0. The number of phenolic OH excluding ortho intramolecular Hbond substituents is 1. The minimum atomic E-state index is -1.09. The lowest BCUT2D eigenvalue weighted by molar-refractivity contribution is -0.142. The zero-order valence-corrected chi connectivity index (χ0v) is 23.7. The van der Waals surface area contributed by atoms with Gasteiger partial charge in [-0.3, -0.25) is 9.59 Å². The molecule has 206 valence electrons. The molecule has 0 aliphatic heterocycles. The number of alkyl carbamates (subject to hydrolysis) is 1. The smallest absolute Gasteiger partial charge is 0.408 e. The normalized spacial score (nSPS) is 15.8. The summed E-state index contributed by atoms with van der Waals surface area (Å²) in [5, 5.41) is 16.8. The highest BCUT2D eigenvalue weighted by atomic mass is 32.2. The fourth-order valence-electron chi connectivity index (χ4n) is 4.48. The van der Waals surface area contributed by atoms with Crippen molar-refractivity contribution in [3.05, 3.63) is 42.0 Å². The van der Waals surface area contributed by atoms with Crippen molar-refractivity contribution in [2.75, 3.05) is 18.6 Å². The Balaban J connectivity index is 2.46. The summed E-state index contributed by atoms with van der Waals surface area (Å²) < 4.78 is 5.40. The Kier molecular flexibility index (Phi) is 11.8. The van der Waals surface area contributed by atoms with Crippen LogP contribution < -0.4 is 10.6 Å². The first kappa shape index (κ1) is 30.5. The molecular formula is C28H43N3O5S. The number of hydrogen-bond donors (Lipinski definition) is 3. The lowest BCUT2D eigenvalue weighted by Gasteiger charge is -2.35. The van der Waals surface area contributed by atoms with Crippen molar-refractivity contribution in [3.8, 4) is 5.75 Å². The van der Waals surface area contributed by atoms with Gasteiger partial charge in [-0.15, -0.1) is 6.58 Å². The number of para-hydroxylation sites is 1. The molecule has 2 atom stereocenters. The summed E-state index contributed by atoms with van der Waals surface area (Å²) in [6.07, 6.45) is 8.09. The average molecular weight is 534 g/mol. The Morgan fingerprint density at radius 2 is 1.92 bits per heavy atom. The molecule has 1 saturated carbocycles. The van der Waals surface area contributed by atoms with Gasteiger partial charge in [0.2, 0.25) is 11.8 Å². The minimum Gasteiger partial charge on any atom is -0.507 e. The molecule has 8 nitrogen and oxygen atoms in total. The Morgan fingerprint density at radius 1 is 1.24 bits per heavy atom. The molecule has 0 spiro atoms. The number of aryl methyl sites for hydroxylation is 1. The number of amides is 3. The van der Waals surface area contributed by atoms with Crippen LogP contribution in [0.3, 0.4) is 0 Å². The predicted molar refractivity (Wildman–Crippen MR) is 149 cm³/mol. The van der Waals surface area contributed by atoms with Crippen LogP contribution in [0.1, 0.15) is 76.5 Å². The number of nitrogens with one attached hydrogen (secondary N) is 2. The summed E-state index contributed by atoms with van der Waals surface area (Å²) >= 11 is 1.55. The van der Waals surface area contributed by atoms with E-state index in [2.05, 4.69) is 17.2 Å². The molecule has 1 fully saturated rings. The molecule has 0 saturated heterocycles. The van der Waals surface area contributed by atoms with Crippen LogP contribution >= 0.6 is 11.8 Å². The number of aromatic hydroxyl groups is 1. The van der Waals surface area contributed by atoms with Crippen molar-refractivity contribution in [1.29, 1.82) is 0 Å². The summed E-state index contributed by atoms with van der Waals surface area (Å²) in [6.45, 7) is 10.9. The van der Waals surface area contributed by atoms with E-state index < -0.39 is 29.7 Å². The second-order valence-corrected chi connectivity index (χ2v) is 11.5. The average Bonchev–Trinajstić information content (AvgIpc) is 2.83. The van der Waals surface area contributed by atoms with E-state index in [4.69, 9.17) is 4.74 Å². The van der Waals surface area contributed by atoms with Gasteiger partial charge in [-0.2, -0.15) is 11.8 Å². The number of phenols is 1. The standard InChI is InChI=1S/C28H43N3O5S/c1-7-17-31(26(34)22(16-18-37-6)30-27(35)36-28(3,4)5)23(21-15-11-12-19(2)24(21)32)25(33)29-20-13-9-8-10-14-20/h7,11-12,15,20,22-23,32H,1,8-10,13-14,16-18H2,2-6H3,(H,29,33)(H,30,35). The molecular weight excluding hydrogens is 490 g/mol. The highest BCUT2D eigenvalue weighted by Gasteiger charge is 2.37. The summed E-state index contributed by atoms with van der Waals surface area (Å²) in [5.74, 6) is -0.217. The largest absolute Gasteiger partial charge is 0.507 e. The molecule has 1 aromatic carbocycles. The quantitative estimate of drug-likeness (QED) is 0.351. The monoisotopic (exact) mass is 533 g/mol. The van der Waals surface area contributed by atoms with Crippen LogP contribution in [0.25, 0.3) is 0 Å². The highest BCUT2D eigenvalue weighted by molar-refractivity contribution is 7.98. The lowest BCUT2D eigenvalue weighted by Crippen LogP contribution is -2.54. The molecule has 1 aliphatic carbocycles. The van der Waals surface area contributed by atoms with Crippen LogP contribution in [0.5, 0.6) is 5.75 Å². The third kappa shape index (κ3) is 9.29. The first-order chi connectivity index (χ1) is 17.5. The zero-order chi connectivity index (χ0) is 27.6. The third-order valence-electron chi connectivity index (χ3n) is 6.28. The Hall–Kier alpha value is -2.68. The number of ether oxygens (including phenoxy) is 1. The van der Waals surface area contributed by atoms with E-state index in [-0.39, 0.29) is 24.2 Å².